The number of aromatic nitrogens is 2. The molecule has 0 N–H and O–H groups in total. The fourth-order valence-corrected chi connectivity index (χ4v) is 24.8. The predicted octanol–water partition coefficient (Wildman–Crippen LogP) is 33.6. The second-order valence-electron chi connectivity index (χ2n) is 36.9. The first-order chi connectivity index (χ1) is 62.6. The Hall–Kier alpha value is -14.5. The summed E-state index contributed by atoms with van der Waals surface area (Å²) in [5, 5.41) is 4.98. The zero-order valence-corrected chi connectivity index (χ0v) is 74.0. The van der Waals surface area contributed by atoms with Crippen molar-refractivity contribution in [2.45, 2.75) is 96.6 Å². The van der Waals surface area contributed by atoms with Crippen LogP contribution in [0.1, 0.15) is 99.9 Å². The van der Waals surface area contributed by atoms with Gasteiger partial charge in [0.1, 0.15) is 0 Å². The van der Waals surface area contributed by atoms with Crippen LogP contribution < -0.4 is 19.3 Å². The van der Waals surface area contributed by atoms with Crippen LogP contribution in [0.3, 0.4) is 0 Å². The first-order valence-electron chi connectivity index (χ1n) is 44.5. The Morgan fingerprint density at radius 1 is 0.227 bits per heavy atom. The van der Waals surface area contributed by atoms with Crippen molar-refractivity contribution < 1.29 is 9.47 Å². The molecule has 8 heteroatoms. The molecule has 0 atom stereocenters. The van der Waals surface area contributed by atoms with Crippen molar-refractivity contribution >= 4 is 101 Å². The molecule has 0 amide bonds. The Bertz CT molecular complexity index is 8080. The Morgan fingerprint density at radius 2 is 0.594 bits per heavy atom. The molecular weight excluding hydrogens is 1590 g/mol. The Morgan fingerprint density at radius 3 is 1.09 bits per heavy atom. The molecule has 2 aromatic heterocycles. The normalized spacial score (nSPS) is 14.8. The van der Waals surface area contributed by atoms with Gasteiger partial charge in [-0.25, -0.2) is 0 Å². The van der Waals surface area contributed by atoms with Crippen molar-refractivity contribution in [3.05, 3.63) is 433 Å². The molecule has 0 bridgehead atoms. The number of rotatable bonds is 4. The molecule has 0 unspecified atom stereocenters. The quantitative estimate of drug-likeness (QED) is 0.175. The number of ether oxygens (including phenoxy) is 2. The number of nitrogens with zero attached hydrogens (tertiary/aromatic N) is 4. The largest absolute Gasteiger partial charge is 0.452 e. The summed E-state index contributed by atoms with van der Waals surface area (Å²) in [6, 6.07) is 140. The zero-order chi connectivity index (χ0) is 85.8. The highest BCUT2D eigenvalue weighted by Crippen LogP contribution is 2.65. The van der Waals surface area contributed by atoms with Crippen LogP contribution in [0, 0.1) is 0 Å². The van der Waals surface area contributed by atoms with Gasteiger partial charge in [0, 0.05) is 96.4 Å². The van der Waals surface area contributed by atoms with Gasteiger partial charge in [0.25, 0.3) is 0 Å². The fraction of sp³-hybridized carbons (Fsp3) is 0.100. The average molecular weight is 1680 g/mol. The molecule has 4 aliphatic heterocycles. The molecule has 6 heterocycles. The fourth-order valence-electron chi connectivity index (χ4n) is 22.3. The first-order valence-corrected chi connectivity index (χ1v) is 46.2. The summed E-state index contributed by atoms with van der Waals surface area (Å²) in [4.78, 5) is 10.1. The van der Waals surface area contributed by atoms with Crippen LogP contribution in [0.2, 0.25) is 0 Å². The number of benzene rings is 18. The molecule has 4 aliphatic carbocycles. The van der Waals surface area contributed by atoms with Crippen LogP contribution in [0.25, 0.3) is 122 Å². The van der Waals surface area contributed by atoms with Gasteiger partial charge >= 0.3 is 0 Å². The number of fused-ring (bicyclic) bond motifs is 30. The van der Waals surface area contributed by atoms with Gasteiger partial charge in [-0.15, -0.1) is 0 Å². The predicted molar refractivity (Wildman–Crippen MR) is 533 cm³/mol. The molecule has 0 radical (unpaired) electrons. The van der Waals surface area contributed by atoms with E-state index in [1.54, 1.807) is 0 Å². The molecule has 20 aromatic rings. The van der Waals surface area contributed by atoms with Crippen LogP contribution in [-0.2, 0) is 21.7 Å². The van der Waals surface area contributed by atoms with E-state index in [2.05, 4.69) is 463 Å². The van der Waals surface area contributed by atoms with Gasteiger partial charge in [0.2, 0.25) is 0 Å². The molecule has 0 fully saturated rings. The third-order valence-electron chi connectivity index (χ3n) is 28.5. The van der Waals surface area contributed by atoms with Crippen LogP contribution >= 0.6 is 23.5 Å². The monoisotopic (exact) mass is 1680 g/mol. The molecule has 0 saturated heterocycles. The van der Waals surface area contributed by atoms with E-state index >= 15 is 0 Å². The van der Waals surface area contributed by atoms with E-state index < -0.39 is 0 Å². The molecule has 18 aromatic carbocycles. The SMILES string of the molecule is CC1(C)c2cc(-c3ccccc3)ccc2-c2c1ccc1c2Sc2ccccc2N1c1ccccc1.CC1(C)c2ccccc2-c2c1ccc1c2Oc2cc(-c3ccccc3)cc3c4ccccc4n-1c23.CC1(C)c2ccccc2-c2c1ccc1c2Oc2cccc3c4ccccc4n-1c23.CC1(C)c2ccccc2-c2c1ccc1c2Sc2ccccc2N1c1ccccc1. The van der Waals surface area contributed by atoms with E-state index in [0.29, 0.717) is 0 Å². The Kier molecular flexibility index (Phi) is 16.9. The lowest BCUT2D eigenvalue weighted by Crippen LogP contribution is -2.17. The summed E-state index contributed by atoms with van der Waals surface area (Å²) >= 11 is 3.82. The summed E-state index contributed by atoms with van der Waals surface area (Å²) in [5.41, 5.74) is 40.8. The molecule has 128 heavy (non-hydrogen) atoms. The van der Waals surface area contributed by atoms with Gasteiger partial charge in [-0.05, 0) is 198 Å². The third-order valence-corrected chi connectivity index (χ3v) is 30.8. The van der Waals surface area contributed by atoms with Crippen LogP contribution in [0.4, 0.5) is 34.1 Å². The van der Waals surface area contributed by atoms with Gasteiger partial charge in [-0.3, -0.25) is 0 Å². The molecular formula is C120H88N4O2S2. The van der Waals surface area contributed by atoms with E-state index in [9.17, 15) is 0 Å². The second-order valence-corrected chi connectivity index (χ2v) is 39.0. The molecule has 8 aliphatic rings. The standard InChI is InChI=1S/C33H23NO.C33H25NS.C27H19NO.C27H21NS/c1-33(2)25-14-8-6-13-23(25)30-26(33)16-17-28-32(30)35-29-19-21(20-10-4-3-5-11-20)18-24-22-12-7-9-15-27(22)34(28)31(24)29;1-33(2)26-19-20-29-32(31(26)25-18-17-23(21-27(25)33)22-11-5-3-6-12-22)35-30-16-10-9-15-28(30)34(29)24-13-7-4-8-14-24;1-27(2)19-11-5-3-9-18(19)24-20(27)14-15-22-26(24)29-23-13-7-10-17-16-8-4-6-12-21(16)28(22)25(17)23;1-27(2)20-13-7-6-12-19(20)25-21(27)16-17-23-26(25)29-24-15-9-8-14-22(24)28(23)18-10-4-3-5-11-18/h3-19H,1-2H3;3-21H,1-2H3;3-15H,1-2H3;3-17H,1-2H3. The van der Waals surface area contributed by atoms with Crippen molar-refractivity contribution in [1.29, 1.82) is 0 Å². The average Bonchev–Trinajstić information content (AvgIpc) is 1.54. The summed E-state index contributed by atoms with van der Waals surface area (Å²) in [7, 11) is 0. The minimum Gasteiger partial charge on any atom is -0.452 e. The van der Waals surface area contributed by atoms with Crippen molar-refractivity contribution in [3.8, 4) is 101 Å². The maximum atomic E-state index is 6.91. The van der Waals surface area contributed by atoms with E-state index in [4.69, 9.17) is 9.47 Å². The Balaban J connectivity index is 0.0000000929. The molecule has 0 saturated carbocycles. The highest BCUT2D eigenvalue weighted by molar-refractivity contribution is 8.00. The topological polar surface area (TPSA) is 34.8 Å². The Labute approximate surface area is 754 Å². The lowest BCUT2D eigenvalue weighted by Gasteiger charge is -2.34. The highest BCUT2D eigenvalue weighted by atomic mass is 32.2. The minimum atomic E-state index is -0.0649. The lowest BCUT2D eigenvalue weighted by molar-refractivity contribution is 0.477. The first kappa shape index (κ1) is 75.9. The van der Waals surface area contributed by atoms with Crippen molar-refractivity contribution in [3.63, 3.8) is 0 Å². The van der Waals surface area contributed by atoms with Crippen molar-refractivity contribution in [2.24, 2.45) is 0 Å². The van der Waals surface area contributed by atoms with Gasteiger partial charge in [-0.2, -0.15) is 0 Å². The van der Waals surface area contributed by atoms with Gasteiger partial charge < -0.3 is 28.4 Å². The van der Waals surface area contributed by atoms with E-state index in [1.165, 1.54) is 198 Å². The van der Waals surface area contributed by atoms with E-state index in [0.717, 1.165) is 45.4 Å². The van der Waals surface area contributed by atoms with E-state index in [-0.39, 0.29) is 21.7 Å². The zero-order valence-electron chi connectivity index (χ0n) is 72.4. The lowest BCUT2D eigenvalue weighted by atomic mass is 9.81. The molecule has 6 nitrogen and oxygen atoms in total. The maximum absolute atomic E-state index is 6.91. The van der Waals surface area contributed by atoms with E-state index in [1.807, 2.05) is 23.5 Å². The smallest absolute Gasteiger partial charge is 0.159 e. The number of anilines is 6. The second kappa shape index (κ2) is 28.5. The molecule has 612 valence electrons. The van der Waals surface area contributed by atoms with Gasteiger partial charge in [0.05, 0.1) is 56.2 Å². The molecule has 28 rings (SSSR count). The van der Waals surface area contributed by atoms with Crippen molar-refractivity contribution in [2.75, 3.05) is 9.80 Å². The summed E-state index contributed by atoms with van der Waals surface area (Å²) in [6.45, 7) is 18.7. The number of hydrogen-bond donors (Lipinski definition) is 0. The maximum Gasteiger partial charge on any atom is 0.159 e. The van der Waals surface area contributed by atoms with Gasteiger partial charge in [0.15, 0.2) is 23.0 Å². The van der Waals surface area contributed by atoms with Crippen LogP contribution in [-0.4, -0.2) is 9.13 Å². The van der Waals surface area contributed by atoms with Crippen molar-refractivity contribution in [1.82, 2.24) is 9.13 Å². The summed E-state index contributed by atoms with van der Waals surface area (Å²) in [5.74, 6) is 3.78. The third kappa shape index (κ3) is 11.1. The van der Waals surface area contributed by atoms with Crippen LogP contribution in [0.15, 0.2) is 408 Å². The summed E-state index contributed by atoms with van der Waals surface area (Å²) in [6.07, 6.45) is 0. The van der Waals surface area contributed by atoms with Gasteiger partial charge in [-0.1, -0.05) is 358 Å². The minimum absolute atomic E-state index is 0.0239. The molecule has 0 spiro atoms. The summed E-state index contributed by atoms with van der Waals surface area (Å²) < 4.78 is 18.4. The highest BCUT2D eigenvalue weighted by Gasteiger charge is 2.45. The van der Waals surface area contributed by atoms with Crippen LogP contribution in [0.5, 0.6) is 23.0 Å². The number of para-hydroxylation sites is 7. The number of hydrogen-bond acceptors (Lipinski definition) is 6.